The minimum absolute atomic E-state index is 0.562. The molecule has 0 spiro atoms. The molecule has 0 unspecified atom stereocenters. The molecule has 0 aliphatic rings. The largest absolute Gasteiger partial charge is 0.455 e. The summed E-state index contributed by atoms with van der Waals surface area (Å²) >= 11 is 0. The first kappa shape index (κ1) is 30.4. The maximum Gasteiger partial charge on any atom is 0.145 e. The van der Waals surface area contributed by atoms with Crippen molar-refractivity contribution in [3.05, 3.63) is 169 Å². The average Bonchev–Trinajstić information content (AvgIpc) is 4.00. The van der Waals surface area contributed by atoms with Crippen LogP contribution in [0.15, 0.2) is 167 Å². The maximum absolute atomic E-state index is 10.4. The molecule has 56 heavy (non-hydrogen) atoms. The van der Waals surface area contributed by atoms with Gasteiger partial charge in [-0.3, -0.25) is 0 Å². The molecule has 8 aromatic carbocycles. The van der Waals surface area contributed by atoms with Gasteiger partial charge in [-0.15, -0.1) is 0 Å². The van der Waals surface area contributed by atoms with Gasteiger partial charge in [0.1, 0.15) is 22.3 Å². The van der Waals surface area contributed by atoms with Crippen LogP contribution >= 0.6 is 0 Å². The van der Waals surface area contributed by atoms with Crippen molar-refractivity contribution in [2.24, 2.45) is 0 Å². The Kier molecular flexibility index (Phi) is 6.10. The van der Waals surface area contributed by atoms with Crippen molar-refractivity contribution in [2.45, 2.75) is 0 Å². The van der Waals surface area contributed by atoms with Gasteiger partial charge in [0, 0.05) is 43.7 Å². The number of hydrogen-bond acceptors (Lipinski definition) is 4. The van der Waals surface area contributed by atoms with Crippen LogP contribution in [-0.4, -0.2) is 9.13 Å². The summed E-state index contributed by atoms with van der Waals surface area (Å²) in [5.74, 6) is 0. The summed E-state index contributed by atoms with van der Waals surface area (Å²) in [6, 6.07) is 58.4. The van der Waals surface area contributed by atoms with E-state index in [0.29, 0.717) is 11.1 Å². The number of aromatic nitrogens is 2. The zero-order valence-electron chi connectivity index (χ0n) is 29.6. The van der Waals surface area contributed by atoms with Crippen LogP contribution in [0.4, 0.5) is 0 Å². The number of fused-ring (bicyclic) bond motifs is 14. The van der Waals surface area contributed by atoms with Gasteiger partial charge in [-0.25, -0.2) is 0 Å². The molecule has 4 aromatic heterocycles. The van der Waals surface area contributed by atoms with Gasteiger partial charge >= 0.3 is 0 Å². The van der Waals surface area contributed by atoms with E-state index in [2.05, 4.69) is 124 Å². The second-order valence-corrected chi connectivity index (χ2v) is 14.3. The Hall–Kier alpha value is -8.06. The Balaban J connectivity index is 1.07. The van der Waals surface area contributed by atoms with E-state index in [1.807, 2.05) is 48.5 Å². The molecular weight excluding hydrogens is 689 g/mol. The third-order valence-corrected chi connectivity index (χ3v) is 11.3. The Morgan fingerprint density at radius 1 is 0.375 bits per heavy atom. The second-order valence-electron chi connectivity index (χ2n) is 14.3. The molecule has 6 heteroatoms. The summed E-state index contributed by atoms with van der Waals surface area (Å²) in [5, 5.41) is 28.3. The Bertz CT molecular complexity index is 3750. The number of nitrogens with zero attached hydrogens (tertiary/aromatic N) is 4. The lowest BCUT2D eigenvalue weighted by Gasteiger charge is -2.13. The van der Waals surface area contributed by atoms with Crippen molar-refractivity contribution < 1.29 is 8.83 Å². The van der Waals surface area contributed by atoms with Crippen LogP contribution < -0.4 is 0 Å². The van der Waals surface area contributed by atoms with Crippen LogP contribution in [0.25, 0.3) is 110 Å². The highest BCUT2D eigenvalue weighted by molar-refractivity contribution is 6.25. The summed E-state index contributed by atoms with van der Waals surface area (Å²) in [7, 11) is 0. The van der Waals surface area contributed by atoms with Gasteiger partial charge in [-0.2, -0.15) is 10.5 Å². The highest BCUT2D eigenvalue weighted by Crippen LogP contribution is 2.43. The first-order valence-corrected chi connectivity index (χ1v) is 18.5. The van der Waals surface area contributed by atoms with E-state index < -0.39 is 0 Å². The molecule has 6 nitrogen and oxygen atoms in total. The van der Waals surface area contributed by atoms with Gasteiger partial charge in [-0.1, -0.05) is 66.7 Å². The van der Waals surface area contributed by atoms with Gasteiger partial charge in [0.2, 0.25) is 0 Å². The monoisotopic (exact) mass is 714 g/mol. The van der Waals surface area contributed by atoms with Crippen LogP contribution in [-0.2, 0) is 0 Å². The highest BCUT2D eigenvalue weighted by Gasteiger charge is 2.21. The lowest BCUT2D eigenvalue weighted by molar-refractivity contribution is 0.672. The first-order chi connectivity index (χ1) is 27.7. The Labute approximate surface area is 318 Å². The van der Waals surface area contributed by atoms with Gasteiger partial charge in [0.25, 0.3) is 0 Å². The fourth-order valence-corrected chi connectivity index (χ4v) is 8.94. The Morgan fingerprint density at radius 2 is 0.964 bits per heavy atom. The summed E-state index contributed by atoms with van der Waals surface area (Å²) in [6.45, 7) is 0. The minimum Gasteiger partial charge on any atom is -0.455 e. The molecule has 0 fully saturated rings. The average molecular weight is 715 g/mol. The third-order valence-electron chi connectivity index (χ3n) is 11.3. The smallest absolute Gasteiger partial charge is 0.145 e. The lowest BCUT2D eigenvalue weighted by Crippen LogP contribution is -1.97. The van der Waals surface area contributed by atoms with Gasteiger partial charge in [0.05, 0.1) is 56.1 Å². The fraction of sp³-hybridized carbons (Fsp3) is 0. The molecule has 0 N–H and O–H groups in total. The van der Waals surface area contributed by atoms with Crippen molar-refractivity contribution in [2.75, 3.05) is 0 Å². The van der Waals surface area contributed by atoms with Crippen LogP contribution in [0.2, 0.25) is 0 Å². The van der Waals surface area contributed by atoms with Gasteiger partial charge in [0.15, 0.2) is 0 Å². The fourth-order valence-electron chi connectivity index (χ4n) is 8.94. The van der Waals surface area contributed by atoms with Crippen molar-refractivity contribution in [1.29, 1.82) is 10.5 Å². The van der Waals surface area contributed by atoms with E-state index in [1.165, 1.54) is 0 Å². The molecule has 258 valence electrons. The Morgan fingerprint density at radius 3 is 1.66 bits per heavy atom. The quantitative estimate of drug-likeness (QED) is 0.182. The predicted molar refractivity (Wildman–Crippen MR) is 225 cm³/mol. The number of benzene rings is 8. The lowest BCUT2D eigenvalue weighted by atomic mass is 10.0. The molecule has 0 saturated heterocycles. The topological polar surface area (TPSA) is 83.7 Å². The van der Waals surface area contributed by atoms with Crippen LogP contribution in [0.3, 0.4) is 0 Å². The molecule has 12 rings (SSSR count). The number of rotatable bonds is 3. The molecule has 0 bridgehead atoms. The first-order valence-electron chi connectivity index (χ1n) is 18.5. The van der Waals surface area contributed by atoms with E-state index in [-0.39, 0.29) is 0 Å². The number of furan rings is 2. The summed E-state index contributed by atoms with van der Waals surface area (Å²) < 4.78 is 17.6. The highest BCUT2D eigenvalue weighted by atomic mass is 16.3. The molecule has 0 aliphatic heterocycles. The van der Waals surface area contributed by atoms with E-state index >= 15 is 0 Å². The minimum atomic E-state index is 0.562. The molecule has 0 atom stereocenters. The summed E-state index contributed by atoms with van der Waals surface area (Å²) in [5.41, 5.74) is 12.4. The van der Waals surface area contributed by atoms with E-state index in [9.17, 15) is 10.5 Å². The van der Waals surface area contributed by atoms with Crippen LogP contribution in [0.1, 0.15) is 11.1 Å². The van der Waals surface area contributed by atoms with E-state index in [1.54, 1.807) is 6.07 Å². The zero-order chi connectivity index (χ0) is 37.1. The molecule has 12 aromatic rings. The molecule has 0 saturated carbocycles. The molecule has 0 aliphatic carbocycles. The van der Waals surface area contributed by atoms with E-state index in [0.717, 1.165) is 110 Å². The van der Waals surface area contributed by atoms with Crippen molar-refractivity contribution in [3.63, 3.8) is 0 Å². The van der Waals surface area contributed by atoms with Crippen LogP contribution in [0.5, 0.6) is 0 Å². The van der Waals surface area contributed by atoms with Gasteiger partial charge < -0.3 is 18.0 Å². The standard InChI is InChI=1S/C50H26N4O2/c51-27-29-16-21-46-40(24-29)37-18-20-44-48(50(37)56-46)39-12-2-5-14-42(39)54(44)34-23-30(28-52)22-32(26-34)31-8-7-9-33(25-31)53-41-13-4-1-11-38(41)47-43(53)19-17-36-35-10-3-6-15-45(35)55-49(36)47/h1-26H. The molecule has 0 radical (unpaired) electrons. The third kappa shape index (κ3) is 4.13. The second kappa shape index (κ2) is 11.2. The number of nitriles is 2. The normalized spacial score (nSPS) is 11.9. The zero-order valence-corrected chi connectivity index (χ0v) is 29.6. The van der Waals surface area contributed by atoms with Crippen LogP contribution in [0, 0.1) is 22.7 Å². The summed E-state index contributed by atoms with van der Waals surface area (Å²) in [6.07, 6.45) is 0. The van der Waals surface area contributed by atoms with Crippen molar-refractivity contribution in [1.82, 2.24) is 9.13 Å². The number of para-hydroxylation sites is 3. The predicted octanol–water partition coefficient (Wildman–Crippen LogP) is 13.1. The van der Waals surface area contributed by atoms with Crippen molar-refractivity contribution >= 4 is 87.5 Å². The maximum atomic E-state index is 10.4. The number of hydrogen-bond donors (Lipinski definition) is 0. The summed E-state index contributed by atoms with van der Waals surface area (Å²) in [4.78, 5) is 0. The molecular formula is C50H26N4O2. The van der Waals surface area contributed by atoms with Gasteiger partial charge in [-0.05, 0) is 102 Å². The molecule has 0 amide bonds. The SMILES string of the molecule is N#Cc1cc(-c2cccc(-n3c4ccccc4c4c5oc6ccccc6c5ccc43)c2)cc(-n2c3ccccc3c3c4oc5ccc(C#N)cc5c4ccc32)c1. The molecule has 4 heterocycles. The van der Waals surface area contributed by atoms with Crippen molar-refractivity contribution in [3.8, 4) is 34.6 Å². The van der Waals surface area contributed by atoms with E-state index in [4.69, 9.17) is 8.83 Å².